The first-order chi connectivity index (χ1) is 7.83. The number of carbonyl (C=O) groups excluding carboxylic acids is 1. The third-order valence-corrected chi connectivity index (χ3v) is 4.40. The minimum Gasteiger partial charge on any atom is -0.299 e. The van der Waals surface area contributed by atoms with Crippen molar-refractivity contribution in [1.29, 1.82) is 0 Å². The van der Waals surface area contributed by atoms with E-state index >= 15 is 0 Å². The van der Waals surface area contributed by atoms with Crippen molar-refractivity contribution in [3.8, 4) is 0 Å². The molecule has 1 aromatic rings. The van der Waals surface area contributed by atoms with Gasteiger partial charge in [0.25, 0.3) is 0 Å². The van der Waals surface area contributed by atoms with E-state index in [1.54, 1.807) is 0 Å². The zero-order valence-corrected chi connectivity index (χ0v) is 9.67. The van der Waals surface area contributed by atoms with Crippen LogP contribution in [0.3, 0.4) is 0 Å². The molecular weight excluding hydrogens is 196 g/mol. The fraction of sp³-hybridized carbons (Fsp3) is 0.533. The molecule has 0 atom stereocenters. The molecule has 1 nitrogen and oxygen atoms in total. The van der Waals surface area contributed by atoms with Crippen LogP contribution in [0.5, 0.6) is 0 Å². The number of hydrogen-bond donors (Lipinski definition) is 0. The van der Waals surface area contributed by atoms with Gasteiger partial charge in [-0.2, -0.15) is 0 Å². The van der Waals surface area contributed by atoms with Crippen LogP contribution in [-0.2, 0) is 16.6 Å². The minimum atomic E-state index is -0.0902. The maximum atomic E-state index is 12.3. The zero-order valence-electron chi connectivity index (χ0n) is 9.67. The molecule has 0 amide bonds. The van der Waals surface area contributed by atoms with Gasteiger partial charge in [-0.25, -0.2) is 0 Å². The largest absolute Gasteiger partial charge is 0.299 e. The number of aryl methyl sites for hydroxylation is 1. The molecule has 1 heteroatoms. The van der Waals surface area contributed by atoms with E-state index in [0.29, 0.717) is 5.78 Å². The Morgan fingerprint density at radius 3 is 2.50 bits per heavy atom. The molecule has 16 heavy (non-hydrogen) atoms. The molecule has 0 aromatic heterocycles. The van der Waals surface area contributed by atoms with Gasteiger partial charge in [-0.15, -0.1) is 0 Å². The van der Waals surface area contributed by atoms with Gasteiger partial charge < -0.3 is 0 Å². The van der Waals surface area contributed by atoms with Crippen molar-refractivity contribution < 1.29 is 4.79 Å². The summed E-state index contributed by atoms with van der Waals surface area (Å²) in [4.78, 5) is 12.3. The molecule has 0 bridgehead atoms. The standard InChI is InChI=1S/C15H18O/c16-14-9-8-12-6-2-3-7-13(12)15(14)10-4-1-5-11-15/h2-3,6-7H,1,4-5,8-11H2. The Labute approximate surface area is 96.9 Å². The molecule has 0 heterocycles. The highest BCUT2D eigenvalue weighted by atomic mass is 16.1. The van der Waals surface area contributed by atoms with E-state index in [0.717, 1.165) is 25.7 Å². The smallest absolute Gasteiger partial charge is 0.143 e. The van der Waals surface area contributed by atoms with Crippen LogP contribution in [0.4, 0.5) is 0 Å². The highest BCUT2D eigenvalue weighted by Crippen LogP contribution is 2.45. The SMILES string of the molecule is O=C1CCc2ccccc2C12CCCCC2. The molecule has 2 aliphatic carbocycles. The molecule has 84 valence electrons. The van der Waals surface area contributed by atoms with Gasteiger partial charge in [-0.05, 0) is 30.4 Å². The summed E-state index contributed by atoms with van der Waals surface area (Å²) < 4.78 is 0. The fourth-order valence-electron chi connectivity index (χ4n) is 3.55. The Bertz CT molecular complexity index is 413. The van der Waals surface area contributed by atoms with Gasteiger partial charge in [-0.1, -0.05) is 43.5 Å². The number of carbonyl (C=O) groups is 1. The second-order valence-electron chi connectivity index (χ2n) is 5.22. The minimum absolute atomic E-state index is 0.0902. The van der Waals surface area contributed by atoms with Crippen molar-refractivity contribution >= 4 is 5.78 Å². The van der Waals surface area contributed by atoms with Gasteiger partial charge in [0.2, 0.25) is 0 Å². The summed E-state index contributed by atoms with van der Waals surface area (Å²) in [6, 6.07) is 8.59. The van der Waals surface area contributed by atoms with Crippen LogP contribution in [0.15, 0.2) is 24.3 Å². The predicted octanol–water partition coefficient (Wildman–Crippen LogP) is 3.40. The maximum Gasteiger partial charge on any atom is 0.143 e. The lowest BCUT2D eigenvalue weighted by Crippen LogP contribution is -2.41. The van der Waals surface area contributed by atoms with E-state index in [4.69, 9.17) is 0 Å². The highest BCUT2D eigenvalue weighted by molar-refractivity contribution is 5.92. The van der Waals surface area contributed by atoms with E-state index in [-0.39, 0.29) is 5.41 Å². The Morgan fingerprint density at radius 1 is 0.938 bits per heavy atom. The zero-order chi connectivity index (χ0) is 11.0. The van der Waals surface area contributed by atoms with Gasteiger partial charge in [0.1, 0.15) is 5.78 Å². The molecule has 3 rings (SSSR count). The third kappa shape index (κ3) is 1.34. The van der Waals surface area contributed by atoms with E-state index in [1.807, 2.05) is 0 Å². The van der Waals surface area contributed by atoms with Crippen LogP contribution in [-0.4, -0.2) is 5.78 Å². The van der Waals surface area contributed by atoms with Crippen LogP contribution < -0.4 is 0 Å². The second kappa shape index (κ2) is 3.73. The topological polar surface area (TPSA) is 17.1 Å². The summed E-state index contributed by atoms with van der Waals surface area (Å²) in [6.07, 6.45) is 7.64. The first-order valence-corrected chi connectivity index (χ1v) is 6.45. The third-order valence-electron chi connectivity index (χ3n) is 4.40. The van der Waals surface area contributed by atoms with Crippen molar-refractivity contribution in [3.63, 3.8) is 0 Å². The van der Waals surface area contributed by atoms with Crippen LogP contribution in [0.2, 0.25) is 0 Å². The maximum absolute atomic E-state index is 12.3. The first-order valence-electron chi connectivity index (χ1n) is 6.45. The van der Waals surface area contributed by atoms with E-state index < -0.39 is 0 Å². The Kier molecular flexibility index (Phi) is 2.34. The number of hydrogen-bond acceptors (Lipinski definition) is 1. The number of Topliss-reactive ketones (excluding diaryl/α,β-unsaturated/α-hetero) is 1. The fourth-order valence-corrected chi connectivity index (χ4v) is 3.55. The molecule has 1 fully saturated rings. The van der Waals surface area contributed by atoms with Crippen molar-refractivity contribution in [1.82, 2.24) is 0 Å². The Hall–Kier alpha value is -1.11. The number of fused-ring (bicyclic) bond motifs is 2. The number of benzene rings is 1. The van der Waals surface area contributed by atoms with Crippen LogP contribution in [0.25, 0.3) is 0 Å². The summed E-state index contributed by atoms with van der Waals surface area (Å²) >= 11 is 0. The Balaban J connectivity index is 2.12. The molecule has 2 aliphatic rings. The quantitative estimate of drug-likeness (QED) is 0.647. The van der Waals surface area contributed by atoms with E-state index in [9.17, 15) is 4.79 Å². The molecule has 0 N–H and O–H groups in total. The summed E-state index contributed by atoms with van der Waals surface area (Å²) in [5, 5.41) is 0. The average molecular weight is 214 g/mol. The monoisotopic (exact) mass is 214 g/mol. The van der Waals surface area contributed by atoms with Crippen LogP contribution in [0.1, 0.15) is 49.7 Å². The van der Waals surface area contributed by atoms with E-state index in [2.05, 4.69) is 24.3 Å². The van der Waals surface area contributed by atoms with Crippen molar-refractivity contribution in [2.75, 3.05) is 0 Å². The predicted molar refractivity (Wildman–Crippen MR) is 64.5 cm³/mol. The number of ketones is 1. The van der Waals surface area contributed by atoms with Gasteiger partial charge in [0.05, 0.1) is 5.41 Å². The Morgan fingerprint density at radius 2 is 1.69 bits per heavy atom. The van der Waals surface area contributed by atoms with Crippen molar-refractivity contribution in [2.45, 2.75) is 50.4 Å². The molecule has 0 aliphatic heterocycles. The lowest BCUT2D eigenvalue weighted by Gasteiger charge is -2.40. The molecule has 1 spiro atoms. The summed E-state index contributed by atoms with van der Waals surface area (Å²) in [5.41, 5.74) is 2.68. The molecule has 1 aromatic carbocycles. The summed E-state index contributed by atoms with van der Waals surface area (Å²) in [6.45, 7) is 0. The van der Waals surface area contributed by atoms with Crippen LogP contribution >= 0.6 is 0 Å². The molecule has 0 radical (unpaired) electrons. The average Bonchev–Trinajstić information content (AvgIpc) is 2.36. The van der Waals surface area contributed by atoms with Crippen molar-refractivity contribution in [3.05, 3.63) is 35.4 Å². The highest BCUT2D eigenvalue weighted by Gasteiger charge is 2.43. The van der Waals surface area contributed by atoms with Crippen molar-refractivity contribution in [2.24, 2.45) is 0 Å². The summed E-state index contributed by atoms with van der Waals surface area (Å²) in [5.74, 6) is 0.505. The van der Waals surface area contributed by atoms with Crippen LogP contribution in [0, 0.1) is 0 Å². The normalized spacial score (nSPS) is 23.1. The second-order valence-corrected chi connectivity index (χ2v) is 5.22. The lowest BCUT2D eigenvalue weighted by molar-refractivity contribution is -0.126. The van der Waals surface area contributed by atoms with Gasteiger partial charge in [-0.3, -0.25) is 4.79 Å². The summed E-state index contributed by atoms with van der Waals surface area (Å²) in [7, 11) is 0. The molecule has 1 saturated carbocycles. The van der Waals surface area contributed by atoms with E-state index in [1.165, 1.54) is 30.4 Å². The first kappa shape index (κ1) is 10.1. The number of rotatable bonds is 0. The van der Waals surface area contributed by atoms with Gasteiger partial charge in [0.15, 0.2) is 0 Å². The molecule has 0 unspecified atom stereocenters. The van der Waals surface area contributed by atoms with Gasteiger partial charge >= 0.3 is 0 Å². The molecular formula is C15H18O. The van der Waals surface area contributed by atoms with Gasteiger partial charge in [0, 0.05) is 6.42 Å². The lowest BCUT2D eigenvalue weighted by atomic mass is 9.62. The molecule has 0 saturated heterocycles.